The molecule has 1 aromatic carbocycles. The van der Waals surface area contributed by atoms with Gasteiger partial charge < -0.3 is 10.5 Å². The molecule has 1 aromatic heterocycles. The van der Waals surface area contributed by atoms with Gasteiger partial charge in [0.05, 0.1) is 11.1 Å². The highest BCUT2D eigenvalue weighted by molar-refractivity contribution is 6.30. The van der Waals surface area contributed by atoms with Crippen molar-refractivity contribution in [1.29, 1.82) is 0 Å². The fourth-order valence-corrected chi connectivity index (χ4v) is 1.59. The number of rotatable bonds is 1. The normalized spacial score (nSPS) is 11.4. The van der Waals surface area contributed by atoms with Crippen molar-refractivity contribution in [2.45, 2.75) is 6.92 Å². The average Bonchev–Trinajstić information content (AvgIpc) is 2.37. The van der Waals surface area contributed by atoms with Gasteiger partial charge in [0.1, 0.15) is 0 Å². The van der Waals surface area contributed by atoms with Crippen molar-refractivity contribution in [1.82, 2.24) is 4.73 Å². The van der Waals surface area contributed by atoms with Crippen molar-refractivity contribution in [2.75, 3.05) is 5.32 Å². The number of aromatic nitrogens is 1. The first-order chi connectivity index (χ1) is 9.04. The van der Waals surface area contributed by atoms with E-state index < -0.39 is 6.03 Å². The second-order valence-corrected chi connectivity index (χ2v) is 4.36. The first-order valence-electron chi connectivity index (χ1n) is 5.54. The van der Waals surface area contributed by atoms with Crippen molar-refractivity contribution in [3.8, 4) is 0 Å². The van der Waals surface area contributed by atoms with Gasteiger partial charge >= 0.3 is 6.03 Å². The summed E-state index contributed by atoms with van der Waals surface area (Å²) in [7, 11) is 0. The van der Waals surface area contributed by atoms with Gasteiger partial charge in [-0.1, -0.05) is 11.6 Å². The van der Waals surface area contributed by atoms with Gasteiger partial charge in [-0.2, -0.15) is 9.72 Å². The van der Waals surface area contributed by atoms with Crippen molar-refractivity contribution < 1.29 is 10.0 Å². The first kappa shape index (κ1) is 13.2. The predicted octanol–water partition coefficient (Wildman–Crippen LogP) is 2.82. The minimum atomic E-state index is -0.489. The number of amides is 2. The molecule has 0 radical (unpaired) electrons. The molecule has 2 amide bonds. The van der Waals surface area contributed by atoms with Gasteiger partial charge in [0, 0.05) is 16.9 Å². The van der Waals surface area contributed by atoms with Crippen LogP contribution >= 0.6 is 11.6 Å². The monoisotopic (exact) mass is 277 g/mol. The summed E-state index contributed by atoms with van der Waals surface area (Å²) in [4.78, 5) is 15.6. The Balaban J connectivity index is 2.16. The van der Waals surface area contributed by atoms with Crippen LogP contribution in [-0.2, 0) is 0 Å². The maximum atomic E-state index is 11.7. The zero-order chi connectivity index (χ0) is 13.8. The van der Waals surface area contributed by atoms with Crippen LogP contribution in [0.2, 0.25) is 5.02 Å². The largest absolute Gasteiger partial charge is 0.429 e. The summed E-state index contributed by atoms with van der Waals surface area (Å²) in [5.41, 5.74) is 1.20. The second kappa shape index (κ2) is 5.58. The number of benzene rings is 1. The molecule has 0 spiro atoms. The lowest BCUT2D eigenvalue weighted by Crippen LogP contribution is -2.14. The number of carbonyl (C=O) groups is 1. The SMILES string of the molecule is Cc1cc(=NC(=O)Nc2ccc(Cl)cc2)ccn1O. The maximum Gasteiger partial charge on any atom is 0.345 e. The Kier molecular flexibility index (Phi) is 3.87. The number of anilines is 1. The van der Waals surface area contributed by atoms with Crippen LogP contribution in [0.5, 0.6) is 0 Å². The zero-order valence-corrected chi connectivity index (χ0v) is 10.9. The Morgan fingerprint density at radius 3 is 2.63 bits per heavy atom. The molecule has 0 unspecified atom stereocenters. The topological polar surface area (TPSA) is 66.6 Å². The van der Waals surface area contributed by atoms with Gasteiger partial charge in [0.15, 0.2) is 0 Å². The van der Waals surface area contributed by atoms with E-state index in [0.717, 1.165) is 4.73 Å². The lowest BCUT2D eigenvalue weighted by Gasteiger charge is -2.02. The second-order valence-electron chi connectivity index (χ2n) is 3.92. The highest BCUT2D eigenvalue weighted by atomic mass is 35.5. The number of nitrogens with one attached hydrogen (secondary N) is 1. The Bertz CT molecular complexity index is 662. The zero-order valence-electron chi connectivity index (χ0n) is 10.2. The molecule has 5 nitrogen and oxygen atoms in total. The maximum absolute atomic E-state index is 11.7. The minimum Gasteiger partial charge on any atom is -0.429 e. The Hall–Kier alpha value is -2.27. The highest BCUT2D eigenvalue weighted by Gasteiger charge is 1.99. The van der Waals surface area contributed by atoms with E-state index in [9.17, 15) is 10.0 Å². The number of hydrogen-bond acceptors (Lipinski definition) is 2. The van der Waals surface area contributed by atoms with Crippen LogP contribution in [0, 0.1) is 6.92 Å². The summed E-state index contributed by atoms with van der Waals surface area (Å²) in [6.45, 7) is 1.70. The number of hydrogen-bond donors (Lipinski definition) is 2. The number of pyridine rings is 1. The number of nitrogens with zero attached hydrogens (tertiary/aromatic N) is 2. The highest BCUT2D eigenvalue weighted by Crippen LogP contribution is 2.13. The van der Waals surface area contributed by atoms with Gasteiger partial charge in [-0.15, -0.1) is 0 Å². The van der Waals surface area contributed by atoms with Crippen LogP contribution in [0.15, 0.2) is 47.6 Å². The summed E-state index contributed by atoms with van der Waals surface area (Å²) in [5, 5.41) is 13.0. The molecule has 0 bridgehead atoms. The molecule has 98 valence electrons. The van der Waals surface area contributed by atoms with Gasteiger partial charge in [-0.3, -0.25) is 0 Å². The molecular weight excluding hydrogens is 266 g/mol. The lowest BCUT2D eigenvalue weighted by molar-refractivity contribution is 0.177. The van der Waals surface area contributed by atoms with Crippen LogP contribution in [0.3, 0.4) is 0 Å². The quantitative estimate of drug-likeness (QED) is 0.787. The smallest absolute Gasteiger partial charge is 0.345 e. The number of aryl methyl sites for hydroxylation is 1. The molecule has 0 saturated carbocycles. The summed E-state index contributed by atoms with van der Waals surface area (Å²) < 4.78 is 0.954. The number of urea groups is 1. The summed E-state index contributed by atoms with van der Waals surface area (Å²) in [6.07, 6.45) is 1.42. The first-order valence-corrected chi connectivity index (χ1v) is 5.92. The Morgan fingerprint density at radius 2 is 2.00 bits per heavy atom. The third-order valence-electron chi connectivity index (χ3n) is 2.43. The van der Waals surface area contributed by atoms with Crippen LogP contribution in [0.25, 0.3) is 0 Å². The van der Waals surface area contributed by atoms with Gasteiger partial charge in [-0.25, -0.2) is 4.79 Å². The molecule has 19 heavy (non-hydrogen) atoms. The molecule has 0 aliphatic carbocycles. The third-order valence-corrected chi connectivity index (χ3v) is 2.68. The summed E-state index contributed by atoms with van der Waals surface area (Å²) in [5.74, 6) is 0. The Morgan fingerprint density at radius 1 is 1.32 bits per heavy atom. The van der Waals surface area contributed by atoms with Crippen molar-refractivity contribution in [3.05, 3.63) is 58.7 Å². The standard InChI is InChI=1S/C13H12ClN3O2/c1-9-8-12(6-7-17(9)19)16-13(18)15-11-4-2-10(14)3-5-11/h2-8,19H,1H3,(H,15,18). The number of carbonyl (C=O) groups excluding carboxylic acids is 1. The van der Waals surface area contributed by atoms with Crippen LogP contribution < -0.4 is 10.7 Å². The number of halogens is 1. The van der Waals surface area contributed by atoms with Crippen LogP contribution in [-0.4, -0.2) is 16.0 Å². The fraction of sp³-hybridized carbons (Fsp3) is 0.0769. The molecule has 2 aromatic rings. The van der Waals surface area contributed by atoms with E-state index in [-0.39, 0.29) is 0 Å². The van der Waals surface area contributed by atoms with E-state index >= 15 is 0 Å². The van der Waals surface area contributed by atoms with Crippen molar-refractivity contribution >= 4 is 23.3 Å². The molecule has 0 atom stereocenters. The van der Waals surface area contributed by atoms with E-state index in [1.165, 1.54) is 12.3 Å². The molecular formula is C13H12ClN3O2. The predicted molar refractivity (Wildman–Crippen MR) is 72.4 cm³/mol. The lowest BCUT2D eigenvalue weighted by atomic mass is 10.3. The van der Waals surface area contributed by atoms with Crippen molar-refractivity contribution in [3.63, 3.8) is 0 Å². The average molecular weight is 278 g/mol. The van der Waals surface area contributed by atoms with Crippen molar-refractivity contribution in [2.24, 2.45) is 4.99 Å². The molecule has 0 fully saturated rings. The molecule has 0 aliphatic rings. The molecule has 2 rings (SSSR count). The van der Waals surface area contributed by atoms with E-state index in [1.54, 1.807) is 37.3 Å². The summed E-state index contributed by atoms with van der Waals surface area (Å²) >= 11 is 5.75. The third kappa shape index (κ3) is 3.59. The molecule has 1 heterocycles. The van der Waals surface area contributed by atoms with Crippen LogP contribution in [0.4, 0.5) is 10.5 Å². The fourth-order valence-electron chi connectivity index (χ4n) is 1.46. The van der Waals surface area contributed by atoms with Gasteiger partial charge in [-0.05, 0) is 43.3 Å². The minimum absolute atomic E-state index is 0.467. The van der Waals surface area contributed by atoms with E-state index in [0.29, 0.717) is 21.8 Å². The van der Waals surface area contributed by atoms with Gasteiger partial charge in [0.2, 0.25) is 0 Å². The Labute approximate surface area is 114 Å². The van der Waals surface area contributed by atoms with E-state index in [1.807, 2.05) is 0 Å². The summed E-state index contributed by atoms with van der Waals surface area (Å²) in [6, 6.07) is 9.38. The van der Waals surface area contributed by atoms with E-state index in [4.69, 9.17) is 11.6 Å². The molecule has 0 aliphatic heterocycles. The molecule has 0 saturated heterocycles. The van der Waals surface area contributed by atoms with Gasteiger partial charge in [0.25, 0.3) is 0 Å². The van der Waals surface area contributed by atoms with Crippen LogP contribution in [0.1, 0.15) is 5.69 Å². The molecule has 2 N–H and O–H groups in total. The molecule has 6 heteroatoms. The van der Waals surface area contributed by atoms with E-state index in [2.05, 4.69) is 10.3 Å².